The molecule has 4 heteroatoms. The highest BCUT2D eigenvalue weighted by Crippen LogP contribution is 2.42. The first kappa shape index (κ1) is 18.7. The molecule has 1 aliphatic carbocycles. The van der Waals surface area contributed by atoms with Crippen molar-refractivity contribution in [1.82, 2.24) is 9.80 Å². The topological polar surface area (TPSA) is 32.8 Å². The Morgan fingerprint density at radius 1 is 0.931 bits per heavy atom. The van der Waals surface area contributed by atoms with Crippen LogP contribution in [0.2, 0.25) is 0 Å². The summed E-state index contributed by atoms with van der Waals surface area (Å²) in [5.41, 5.74) is 2.14. The Balaban J connectivity index is 1.28. The van der Waals surface area contributed by atoms with E-state index in [0.717, 1.165) is 51.1 Å². The lowest BCUT2D eigenvalue weighted by Crippen LogP contribution is -2.60. The third kappa shape index (κ3) is 3.78. The third-order valence-corrected chi connectivity index (χ3v) is 6.78. The van der Waals surface area contributed by atoms with E-state index in [4.69, 9.17) is 4.74 Å². The van der Waals surface area contributed by atoms with Crippen LogP contribution in [0.3, 0.4) is 0 Å². The molecule has 0 radical (unpaired) electrons. The standard InChI is InChI=1S/C25H30N2O2/c28-24-25(14-6-16-27(24)22-11-12-22)13-5-15-26(25)18-21-9-4-10-23(17-21)29-19-20-7-2-1-3-8-20/h1-4,7-10,17,22H,5-6,11-16,18-19H2. The van der Waals surface area contributed by atoms with Crippen LogP contribution in [-0.4, -0.2) is 40.4 Å². The van der Waals surface area contributed by atoms with Crippen LogP contribution in [0.5, 0.6) is 5.75 Å². The van der Waals surface area contributed by atoms with Gasteiger partial charge in [0.05, 0.1) is 0 Å². The van der Waals surface area contributed by atoms with Crippen molar-refractivity contribution >= 4 is 5.91 Å². The lowest BCUT2D eigenvalue weighted by Gasteiger charge is -2.45. The monoisotopic (exact) mass is 390 g/mol. The second-order valence-corrected chi connectivity index (χ2v) is 8.81. The maximum Gasteiger partial charge on any atom is 0.243 e. The highest BCUT2D eigenvalue weighted by Gasteiger charge is 2.52. The van der Waals surface area contributed by atoms with E-state index in [2.05, 4.69) is 40.1 Å². The maximum atomic E-state index is 13.4. The minimum Gasteiger partial charge on any atom is -0.489 e. The molecule has 2 aromatic rings. The molecule has 3 aliphatic rings. The smallest absolute Gasteiger partial charge is 0.243 e. The number of hydrogen-bond acceptors (Lipinski definition) is 3. The quantitative estimate of drug-likeness (QED) is 0.734. The van der Waals surface area contributed by atoms with Crippen molar-refractivity contribution in [2.45, 2.75) is 63.3 Å². The molecule has 2 aliphatic heterocycles. The number of piperidine rings is 1. The molecule has 0 aromatic heterocycles. The first-order valence-electron chi connectivity index (χ1n) is 11.1. The molecule has 1 atom stereocenters. The van der Waals surface area contributed by atoms with E-state index in [0.29, 0.717) is 18.6 Å². The zero-order valence-corrected chi connectivity index (χ0v) is 17.1. The third-order valence-electron chi connectivity index (χ3n) is 6.78. The van der Waals surface area contributed by atoms with Crippen LogP contribution < -0.4 is 4.74 Å². The minimum atomic E-state index is -0.262. The fourth-order valence-corrected chi connectivity index (χ4v) is 5.14. The summed E-state index contributed by atoms with van der Waals surface area (Å²) >= 11 is 0. The van der Waals surface area contributed by atoms with Crippen molar-refractivity contribution in [3.8, 4) is 5.75 Å². The first-order chi connectivity index (χ1) is 14.2. The van der Waals surface area contributed by atoms with Crippen molar-refractivity contribution in [3.05, 3.63) is 65.7 Å². The van der Waals surface area contributed by atoms with Gasteiger partial charge < -0.3 is 9.64 Å². The first-order valence-corrected chi connectivity index (χ1v) is 11.1. The molecule has 2 aromatic carbocycles. The molecule has 2 heterocycles. The Morgan fingerprint density at radius 3 is 2.48 bits per heavy atom. The van der Waals surface area contributed by atoms with Gasteiger partial charge in [-0.2, -0.15) is 0 Å². The molecular weight excluding hydrogens is 360 g/mol. The molecule has 4 nitrogen and oxygen atoms in total. The number of carbonyl (C=O) groups is 1. The van der Waals surface area contributed by atoms with Gasteiger partial charge >= 0.3 is 0 Å². The average molecular weight is 391 g/mol. The number of benzene rings is 2. The van der Waals surface area contributed by atoms with Crippen LogP contribution in [0.25, 0.3) is 0 Å². The SMILES string of the molecule is O=C1N(C2CC2)CCCC12CCCN2Cc1cccc(OCc2ccccc2)c1. The van der Waals surface area contributed by atoms with Crippen molar-refractivity contribution in [1.29, 1.82) is 0 Å². The zero-order valence-electron chi connectivity index (χ0n) is 17.1. The molecule has 1 amide bonds. The maximum absolute atomic E-state index is 13.4. The van der Waals surface area contributed by atoms with E-state index in [9.17, 15) is 4.79 Å². The Hall–Kier alpha value is -2.33. The Morgan fingerprint density at radius 2 is 1.69 bits per heavy atom. The number of rotatable bonds is 6. The van der Waals surface area contributed by atoms with Gasteiger partial charge in [-0.15, -0.1) is 0 Å². The molecule has 1 unspecified atom stereocenters. The van der Waals surface area contributed by atoms with Crippen molar-refractivity contribution < 1.29 is 9.53 Å². The fraction of sp³-hybridized carbons (Fsp3) is 0.480. The molecule has 3 fully saturated rings. The average Bonchev–Trinajstić information content (AvgIpc) is 3.52. The van der Waals surface area contributed by atoms with Gasteiger partial charge in [0.1, 0.15) is 17.9 Å². The Kier molecular flexibility index (Phi) is 5.04. The summed E-state index contributed by atoms with van der Waals surface area (Å²) in [7, 11) is 0. The van der Waals surface area contributed by atoms with Crippen LogP contribution in [0.4, 0.5) is 0 Å². The zero-order chi connectivity index (χ0) is 19.7. The van der Waals surface area contributed by atoms with Crippen molar-refractivity contribution in [2.75, 3.05) is 13.1 Å². The van der Waals surface area contributed by atoms with Gasteiger partial charge in [-0.25, -0.2) is 0 Å². The minimum absolute atomic E-state index is 0.262. The number of amides is 1. The summed E-state index contributed by atoms with van der Waals surface area (Å²) in [6.45, 7) is 3.38. The van der Waals surface area contributed by atoms with Crippen LogP contribution >= 0.6 is 0 Å². The van der Waals surface area contributed by atoms with Crippen LogP contribution in [0, 0.1) is 0 Å². The summed E-state index contributed by atoms with van der Waals surface area (Å²) in [6.07, 6.45) is 6.68. The molecule has 152 valence electrons. The predicted octanol–water partition coefficient (Wildman–Crippen LogP) is 4.39. The van der Waals surface area contributed by atoms with Crippen LogP contribution in [-0.2, 0) is 17.9 Å². The molecule has 29 heavy (non-hydrogen) atoms. The number of likely N-dealkylation sites (tertiary alicyclic amines) is 2. The fourth-order valence-electron chi connectivity index (χ4n) is 5.14. The van der Waals surface area contributed by atoms with E-state index in [1.165, 1.54) is 24.0 Å². The van der Waals surface area contributed by atoms with E-state index in [-0.39, 0.29) is 5.54 Å². The van der Waals surface area contributed by atoms with E-state index in [1.54, 1.807) is 0 Å². The van der Waals surface area contributed by atoms with Crippen LogP contribution in [0.1, 0.15) is 49.7 Å². The van der Waals surface area contributed by atoms with E-state index in [1.807, 2.05) is 24.3 Å². The van der Waals surface area contributed by atoms with Gasteiger partial charge in [0, 0.05) is 19.1 Å². The van der Waals surface area contributed by atoms with Crippen molar-refractivity contribution in [2.24, 2.45) is 0 Å². The van der Waals surface area contributed by atoms with Gasteiger partial charge in [0.15, 0.2) is 0 Å². The lowest BCUT2D eigenvalue weighted by atomic mass is 9.85. The summed E-state index contributed by atoms with van der Waals surface area (Å²) in [5.74, 6) is 1.30. The Labute approximate surface area is 173 Å². The number of carbonyl (C=O) groups excluding carboxylic acids is 1. The predicted molar refractivity (Wildman–Crippen MR) is 114 cm³/mol. The summed E-state index contributed by atoms with van der Waals surface area (Å²) in [5, 5.41) is 0. The summed E-state index contributed by atoms with van der Waals surface area (Å²) in [6, 6.07) is 19.2. The normalized spacial score (nSPS) is 25.0. The van der Waals surface area contributed by atoms with Gasteiger partial charge in [-0.3, -0.25) is 9.69 Å². The molecule has 1 saturated carbocycles. The van der Waals surface area contributed by atoms with Gasteiger partial charge in [0.25, 0.3) is 0 Å². The van der Waals surface area contributed by atoms with Gasteiger partial charge in [-0.05, 0) is 68.3 Å². The largest absolute Gasteiger partial charge is 0.489 e. The molecule has 5 rings (SSSR count). The number of nitrogens with zero attached hydrogens (tertiary/aromatic N) is 2. The number of hydrogen-bond donors (Lipinski definition) is 0. The van der Waals surface area contributed by atoms with Crippen molar-refractivity contribution in [3.63, 3.8) is 0 Å². The van der Waals surface area contributed by atoms with Gasteiger partial charge in [0.2, 0.25) is 5.91 Å². The lowest BCUT2D eigenvalue weighted by molar-refractivity contribution is -0.148. The number of ether oxygens (including phenoxy) is 1. The van der Waals surface area contributed by atoms with Crippen LogP contribution in [0.15, 0.2) is 54.6 Å². The van der Waals surface area contributed by atoms with E-state index < -0.39 is 0 Å². The Bertz CT molecular complexity index is 864. The molecular formula is C25H30N2O2. The molecule has 0 N–H and O–H groups in total. The molecule has 0 bridgehead atoms. The summed E-state index contributed by atoms with van der Waals surface area (Å²) < 4.78 is 6.02. The highest BCUT2D eigenvalue weighted by atomic mass is 16.5. The summed E-state index contributed by atoms with van der Waals surface area (Å²) in [4.78, 5) is 18.1. The second-order valence-electron chi connectivity index (χ2n) is 8.81. The van der Waals surface area contributed by atoms with Gasteiger partial charge in [-0.1, -0.05) is 42.5 Å². The molecule has 2 saturated heterocycles. The molecule has 1 spiro atoms. The van der Waals surface area contributed by atoms with E-state index >= 15 is 0 Å². The second kappa shape index (κ2) is 7.83. The highest BCUT2D eigenvalue weighted by molar-refractivity contribution is 5.88.